The third-order valence-corrected chi connectivity index (χ3v) is 7.06. The highest BCUT2D eigenvalue weighted by molar-refractivity contribution is 7.99. The van der Waals surface area contributed by atoms with Crippen LogP contribution in [-0.4, -0.2) is 66.6 Å². The maximum Gasteiger partial charge on any atom is 0.339 e. The van der Waals surface area contributed by atoms with Gasteiger partial charge >= 0.3 is 23.9 Å². The van der Waals surface area contributed by atoms with Gasteiger partial charge in [-0.2, -0.15) is 0 Å². The Morgan fingerprint density at radius 3 is 1.45 bits per heavy atom. The van der Waals surface area contributed by atoms with E-state index in [4.69, 9.17) is 23.7 Å². The molecule has 3 unspecified atom stereocenters. The summed E-state index contributed by atoms with van der Waals surface area (Å²) in [4.78, 5) is 52.5. The van der Waals surface area contributed by atoms with Crippen LogP contribution in [0.3, 0.4) is 0 Å². The first-order valence-electron chi connectivity index (χ1n) is 12.6. The molecule has 9 nitrogen and oxygen atoms in total. The predicted octanol–water partition coefficient (Wildman–Crippen LogP) is 4.31. The lowest BCUT2D eigenvalue weighted by Gasteiger charge is -2.43. The van der Waals surface area contributed by atoms with Crippen LogP contribution in [0.25, 0.3) is 0 Å². The van der Waals surface area contributed by atoms with E-state index in [9.17, 15) is 19.2 Å². The molecule has 0 aliphatic carbocycles. The number of carbonyl (C=O) groups is 4. The molecule has 10 heteroatoms. The van der Waals surface area contributed by atoms with Crippen molar-refractivity contribution in [3.05, 3.63) is 108 Å². The average Bonchev–Trinajstić information content (AvgIpc) is 3.00. The van der Waals surface area contributed by atoms with E-state index in [2.05, 4.69) is 0 Å². The molecule has 1 aliphatic rings. The molecule has 1 aliphatic heterocycles. The fourth-order valence-corrected chi connectivity index (χ4v) is 5.03. The molecule has 1 saturated heterocycles. The molecular weight excluding hydrogens is 536 g/mol. The Morgan fingerprint density at radius 1 is 0.650 bits per heavy atom. The van der Waals surface area contributed by atoms with Gasteiger partial charge < -0.3 is 23.7 Å². The Bertz CT molecular complexity index is 1300. The molecule has 3 aromatic rings. The molecule has 5 atom stereocenters. The first kappa shape index (κ1) is 28.8. The van der Waals surface area contributed by atoms with E-state index in [1.807, 2.05) is 6.92 Å². The van der Waals surface area contributed by atoms with Crippen LogP contribution < -0.4 is 0 Å². The van der Waals surface area contributed by atoms with E-state index >= 15 is 0 Å². The number of ether oxygens (including phenoxy) is 5. The summed E-state index contributed by atoms with van der Waals surface area (Å²) in [5.74, 6) is -2.61. The molecule has 4 rings (SSSR count). The largest absolute Gasteiger partial charge is 0.467 e. The summed E-state index contributed by atoms with van der Waals surface area (Å²) in [6, 6.07) is 24.5. The lowest BCUT2D eigenvalue weighted by Crippen LogP contribution is -2.62. The molecule has 0 spiro atoms. The molecule has 1 heterocycles. The van der Waals surface area contributed by atoms with Gasteiger partial charge in [-0.05, 0) is 42.2 Å². The summed E-state index contributed by atoms with van der Waals surface area (Å²) in [5, 5.41) is 0. The highest BCUT2D eigenvalue weighted by atomic mass is 32.2. The van der Waals surface area contributed by atoms with Crippen molar-refractivity contribution in [3.8, 4) is 0 Å². The van der Waals surface area contributed by atoms with Crippen LogP contribution in [0.2, 0.25) is 0 Å². The standard InChI is InChI=1S/C30H28O9S/c1-3-40-30-25(38-28(33)21-17-11-6-12-18-21)23(37-27(32)20-15-9-5-10-16-20)22(24(39-30)29(34)35-2)36-26(31)19-13-7-4-8-14-19/h4-18,22-25,30H,3H2,1-2H3/t22-,23?,24?,25?,30-/m0/s1. The number of hydrogen-bond donors (Lipinski definition) is 0. The minimum atomic E-state index is -1.50. The molecule has 0 aromatic heterocycles. The van der Waals surface area contributed by atoms with E-state index in [0.29, 0.717) is 5.75 Å². The van der Waals surface area contributed by atoms with E-state index in [1.165, 1.54) is 23.9 Å². The Kier molecular flexibility index (Phi) is 9.93. The van der Waals surface area contributed by atoms with Crippen LogP contribution >= 0.6 is 11.8 Å². The SMILES string of the molecule is CCS[C@@H]1OC(C(=O)OC)[C@@H](OC(=O)c2ccccc2)C(OC(=O)c2ccccc2)C1OC(=O)c1ccccc1. The fourth-order valence-electron chi connectivity index (χ4n) is 4.10. The lowest BCUT2D eigenvalue weighted by molar-refractivity contribution is -0.211. The van der Waals surface area contributed by atoms with Gasteiger partial charge in [0.05, 0.1) is 23.8 Å². The predicted molar refractivity (Wildman–Crippen MR) is 146 cm³/mol. The van der Waals surface area contributed by atoms with Gasteiger partial charge in [-0.15, -0.1) is 11.8 Å². The van der Waals surface area contributed by atoms with E-state index in [0.717, 1.165) is 7.11 Å². The molecule has 0 amide bonds. The van der Waals surface area contributed by atoms with Crippen molar-refractivity contribution in [1.29, 1.82) is 0 Å². The molecule has 40 heavy (non-hydrogen) atoms. The quantitative estimate of drug-likeness (QED) is 0.275. The summed E-state index contributed by atoms with van der Waals surface area (Å²) in [6.07, 6.45) is -5.65. The van der Waals surface area contributed by atoms with Gasteiger partial charge in [0.15, 0.2) is 24.4 Å². The van der Waals surface area contributed by atoms with Crippen molar-refractivity contribution in [2.24, 2.45) is 0 Å². The van der Waals surface area contributed by atoms with Crippen molar-refractivity contribution < 1.29 is 42.9 Å². The summed E-state index contributed by atoms with van der Waals surface area (Å²) in [7, 11) is 1.16. The highest BCUT2D eigenvalue weighted by Crippen LogP contribution is 2.35. The van der Waals surface area contributed by atoms with Gasteiger partial charge in [0, 0.05) is 0 Å². The summed E-state index contributed by atoms with van der Waals surface area (Å²) < 4.78 is 28.5. The number of methoxy groups -OCH3 is 1. The van der Waals surface area contributed by atoms with Crippen molar-refractivity contribution in [1.82, 2.24) is 0 Å². The Hall–Kier alpha value is -4.15. The minimum Gasteiger partial charge on any atom is -0.467 e. The zero-order valence-electron chi connectivity index (χ0n) is 21.8. The van der Waals surface area contributed by atoms with Crippen molar-refractivity contribution in [2.75, 3.05) is 12.9 Å². The molecular formula is C30H28O9S. The van der Waals surface area contributed by atoms with Gasteiger partial charge in [-0.1, -0.05) is 61.5 Å². The number of benzene rings is 3. The minimum absolute atomic E-state index is 0.196. The zero-order chi connectivity index (χ0) is 28.5. The average molecular weight is 565 g/mol. The van der Waals surface area contributed by atoms with Gasteiger partial charge in [0.2, 0.25) is 0 Å². The van der Waals surface area contributed by atoms with Gasteiger partial charge in [-0.3, -0.25) is 0 Å². The molecule has 0 N–H and O–H groups in total. The number of hydrogen-bond acceptors (Lipinski definition) is 10. The maximum absolute atomic E-state index is 13.3. The first-order chi connectivity index (χ1) is 19.4. The Labute approximate surface area is 235 Å². The van der Waals surface area contributed by atoms with Crippen molar-refractivity contribution >= 4 is 35.6 Å². The molecule has 0 radical (unpaired) electrons. The Morgan fingerprint density at radius 2 is 1.05 bits per heavy atom. The van der Waals surface area contributed by atoms with Crippen LogP contribution in [0.15, 0.2) is 91.0 Å². The molecule has 0 bridgehead atoms. The van der Waals surface area contributed by atoms with Crippen molar-refractivity contribution in [3.63, 3.8) is 0 Å². The molecule has 3 aromatic carbocycles. The van der Waals surface area contributed by atoms with Gasteiger partial charge in [0.1, 0.15) is 5.44 Å². The molecule has 1 fully saturated rings. The summed E-state index contributed by atoms with van der Waals surface area (Å²) >= 11 is 1.23. The summed E-state index contributed by atoms with van der Waals surface area (Å²) in [5.41, 5.74) is -0.294. The summed E-state index contributed by atoms with van der Waals surface area (Å²) in [6.45, 7) is 1.85. The maximum atomic E-state index is 13.3. The van der Waals surface area contributed by atoms with Crippen LogP contribution in [0.4, 0.5) is 0 Å². The van der Waals surface area contributed by atoms with Crippen LogP contribution in [-0.2, 0) is 28.5 Å². The first-order valence-corrected chi connectivity index (χ1v) is 13.6. The second-order valence-corrected chi connectivity index (χ2v) is 9.99. The monoisotopic (exact) mass is 564 g/mol. The van der Waals surface area contributed by atoms with E-state index < -0.39 is 53.7 Å². The second-order valence-electron chi connectivity index (χ2n) is 8.61. The number of esters is 4. The third kappa shape index (κ3) is 6.88. The highest BCUT2D eigenvalue weighted by Gasteiger charge is 2.55. The van der Waals surface area contributed by atoms with Crippen LogP contribution in [0.5, 0.6) is 0 Å². The lowest BCUT2D eigenvalue weighted by atomic mass is 9.98. The van der Waals surface area contributed by atoms with Crippen LogP contribution in [0, 0.1) is 0 Å². The van der Waals surface area contributed by atoms with Gasteiger partial charge in [0.25, 0.3) is 0 Å². The second kappa shape index (κ2) is 13.8. The fraction of sp³-hybridized carbons (Fsp3) is 0.267. The zero-order valence-corrected chi connectivity index (χ0v) is 22.7. The van der Waals surface area contributed by atoms with Crippen LogP contribution in [0.1, 0.15) is 38.0 Å². The Balaban J connectivity index is 1.76. The molecule has 0 saturated carbocycles. The molecule has 208 valence electrons. The smallest absolute Gasteiger partial charge is 0.339 e. The third-order valence-electron chi connectivity index (χ3n) is 6.02. The number of rotatable bonds is 9. The van der Waals surface area contributed by atoms with Gasteiger partial charge in [-0.25, -0.2) is 19.2 Å². The topological polar surface area (TPSA) is 114 Å². The van der Waals surface area contributed by atoms with E-state index in [-0.39, 0.29) is 16.7 Å². The van der Waals surface area contributed by atoms with E-state index in [1.54, 1.807) is 78.9 Å². The number of carbonyl (C=O) groups excluding carboxylic acids is 4. The van der Waals surface area contributed by atoms with Crippen molar-refractivity contribution in [2.45, 2.75) is 36.8 Å². The number of thioether (sulfide) groups is 1. The normalized spacial score (nSPS) is 22.0.